The average molecular weight is 581 g/mol. The number of carbonyl (C=O) groups is 3. The lowest BCUT2D eigenvalue weighted by Crippen LogP contribution is -2.44. The number of aliphatic carboxylic acids is 2. The molecule has 3 aromatic carbocycles. The van der Waals surface area contributed by atoms with Gasteiger partial charge in [0.25, 0.3) is 5.91 Å². The lowest BCUT2D eigenvalue weighted by Gasteiger charge is -2.18. The maximum atomic E-state index is 12.8. The quantitative estimate of drug-likeness (QED) is 0.187. The van der Waals surface area contributed by atoms with Crippen LogP contribution in [0.15, 0.2) is 82.1 Å². The first-order valence-electron chi connectivity index (χ1n) is 12.6. The highest BCUT2D eigenvalue weighted by atomic mass is 32.2. The SMILES string of the molecule is CC(C)[C@H](NS(=O)(=O)c1ccc(-c2ccc(NC(=O)c3cc4c(OCCC(=O)O)cccc4o3)cc2)cc1)C(=O)O. The molecule has 4 rings (SSSR count). The van der Waals surface area contributed by atoms with Crippen molar-refractivity contribution in [1.29, 1.82) is 0 Å². The molecule has 1 amide bonds. The first-order chi connectivity index (χ1) is 19.4. The Labute approximate surface area is 235 Å². The van der Waals surface area contributed by atoms with Crippen LogP contribution in [0, 0.1) is 5.92 Å². The maximum absolute atomic E-state index is 12.8. The van der Waals surface area contributed by atoms with Gasteiger partial charge in [-0.15, -0.1) is 0 Å². The first-order valence-corrected chi connectivity index (χ1v) is 14.1. The fourth-order valence-electron chi connectivity index (χ4n) is 3.99. The zero-order valence-electron chi connectivity index (χ0n) is 22.2. The van der Waals surface area contributed by atoms with Crippen LogP contribution in [0.5, 0.6) is 5.75 Å². The monoisotopic (exact) mass is 580 g/mol. The van der Waals surface area contributed by atoms with Gasteiger partial charge in [-0.2, -0.15) is 4.72 Å². The molecule has 0 saturated heterocycles. The second-order valence-electron chi connectivity index (χ2n) is 9.51. The Hall–Kier alpha value is -4.68. The molecule has 0 radical (unpaired) electrons. The highest BCUT2D eigenvalue weighted by molar-refractivity contribution is 7.89. The van der Waals surface area contributed by atoms with E-state index in [2.05, 4.69) is 10.0 Å². The van der Waals surface area contributed by atoms with Crippen LogP contribution in [-0.4, -0.2) is 49.1 Å². The van der Waals surface area contributed by atoms with E-state index in [9.17, 15) is 27.9 Å². The summed E-state index contributed by atoms with van der Waals surface area (Å²) in [6.07, 6.45) is -0.163. The van der Waals surface area contributed by atoms with E-state index in [-0.39, 0.29) is 23.7 Å². The summed E-state index contributed by atoms with van der Waals surface area (Å²) in [6, 6.07) is 18.2. The molecule has 1 aromatic heterocycles. The highest BCUT2D eigenvalue weighted by Crippen LogP contribution is 2.30. The Morgan fingerprint density at radius 3 is 2.15 bits per heavy atom. The average Bonchev–Trinajstić information content (AvgIpc) is 3.37. The number of rotatable bonds is 12. The van der Waals surface area contributed by atoms with Gasteiger partial charge < -0.3 is 24.7 Å². The summed E-state index contributed by atoms with van der Waals surface area (Å²) in [5, 5.41) is 21.4. The number of hydrogen-bond donors (Lipinski definition) is 4. The third-order valence-electron chi connectivity index (χ3n) is 6.17. The minimum absolute atomic E-state index is 0.0216. The summed E-state index contributed by atoms with van der Waals surface area (Å²) in [6.45, 7) is 3.21. The van der Waals surface area contributed by atoms with E-state index in [1.54, 1.807) is 68.4 Å². The molecule has 214 valence electrons. The normalized spacial score (nSPS) is 12.3. The largest absolute Gasteiger partial charge is 0.492 e. The smallest absolute Gasteiger partial charge is 0.322 e. The van der Waals surface area contributed by atoms with Crippen molar-refractivity contribution in [3.63, 3.8) is 0 Å². The van der Waals surface area contributed by atoms with Crippen LogP contribution in [0.2, 0.25) is 0 Å². The van der Waals surface area contributed by atoms with E-state index < -0.39 is 39.8 Å². The van der Waals surface area contributed by atoms with Crippen molar-refractivity contribution in [3.05, 3.63) is 78.6 Å². The van der Waals surface area contributed by atoms with Gasteiger partial charge in [-0.25, -0.2) is 8.42 Å². The van der Waals surface area contributed by atoms with Crippen molar-refractivity contribution in [3.8, 4) is 16.9 Å². The number of hydrogen-bond acceptors (Lipinski definition) is 7. The van der Waals surface area contributed by atoms with Gasteiger partial charge in [0.1, 0.15) is 17.4 Å². The summed E-state index contributed by atoms with van der Waals surface area (Å²) in [4.78, 5) is 34.9. The van der Waals surface area contributed by atoms with Crippen LogP contribution in [0.1, 0.15) is 30.8 Å². The number of nitrogens with one attached hydrogen (secondary N) is 2. The van der Waals surface area contributed by atoms with Crippen molar-refractivity contribution in [1.82, 2.24) is 4.72 Å². The molecule has 0 aliphatic rings. The molecule has 0 fully saturated rings. The molecule has 0 bridgehead atoms. The lowest BCUT2D eigenvalue weighted by atomic mass is 10.1. The van der Waals surface area contributed by atoms with Gasteiger partial charge in [0, 0.05) is 11.8 Å². The van der Waals surface area contributed by atoms with E-state index in [4.69, 9.17) is 14.3 Å². The number of amides is 1. The van der Waals surface area contributed by atoms with Gasteiger partial charge in [-0.1, -0.05) is 44.2 Å². The summed E-state index contributed by atoms with van der Waals surface area (Å²) >= 11 is 0. The van der Waals surface area contributed by atoms with Gasteiger partial charge in [-0.3, -0.25) is 14.4 Å². The molecule has 0 aliphatic heterocycles. The molecule has 4 aromatic rings. The molecule has 0 aliphatic carbocycles. The molecule has 41 heavy (non-hydrogen) atoms. The minimum atomic E-state index is -4.03. The third-order valence-corrected chi connectivity index (χ3v) is 7.63. The number of carboxylic acid groups (broad SMARTS) is 2. The standard InChI is InChI=1S/C29H28N2O9S/c1-17(2)27(29(35)36)31-41(37,38)21-12-8-19(9-13-21)18-6-10-20(11-7-18)30-28(34)25-16-22-23(39-15-14-26(32)33)4-3-5-24(22)40-25/h3-13,16-17,27,31H,14-15H2,1-2H3,(H,30,34)(H,32,33)(H,35,36)/t27-/m0/s1. The highest BCUT2D eigenvalue weighted by Gasteiger charge is 2.28. The molecule has 12 heteroatoms. The van der Waals surface area contributed by atoms with Crippen molar-refractivity contribution >= 4 is 44.5 Å². The predicted molar refractivity (Wildman–Crippen MR) is 150 cm³/mol. The fraction of sp³-hybridized carbons (Fsp3) is 0.207. The Balaban J connectivity index is 1.43. The number of carbonyl (C=O) groups excluding carboxylic acids is 1. The Kier molecular flexibility index (Phi) is 8.74. The van der Waals surface area contributed by atoms with Crippen molar-refractivity contribution in [2.45, 2.75) is 31.2 Å². The maximum Gasteiger partial charge on any atom is 0.322 e. The van der Waals surface area contributed by atoms with Crippen LogP contribution in [-0.2, 0) is 19.6 Å². The molecular weight excluding hydrogens is 552 g/mol. The summed E-state index contributed by atoms with van der Waals surface area (Å²) in [5.41, 5.74) is 2.39. The van der Waals surface area contributed by atoms with Gasteiger partial charge in [-0.05, 0) is 53.4 Å². The number of anilines is 1. The van der Waals surface area contributed by atoms with Gasteiger partial charge in [0.05, 0.1) is 23.3 Å². The zero-order valence-corrected chi connectivity index (χ0v) is 23.0. The van der Waals surface area contributed by atoms with E-state index in [0.29, 0.717) is 28.0 Å². The van der Waals surface area contributed by atoms with Crippen LogP contribution in [0.3, 0.4) is 0 Å². The Bertz CT molecular complexity index is 1680. The van der Waals surface area contributed by atoms with Crippen molar-refractivity contribution < 1.29 is 42.2 Å². The number of fused-ring (bicyclic) bond motifs is 1. The molecule has 0 saturated carbocycles. The number of furan rings is 1. The number of ether oxygens (including phenoxy) is 1. The van der Waals surface area contributed by atoms with Gasteiger partial charge in [0.2, 0.25) is 10.0 Å². The van der Waals surface area contributed by atoms with Crippen molar-refractivity contribution in [2.75, 3.05) is 11.9 Å². The van der Waals surface area contributed by atoms with Crippen molar-refractivity contribution in [2.24, 2.45) is 5.92 Å². The first kappa shape index (κ1) is 29.3. The molecular formula is C29H28N2O9S. The molecule has 4 N–H and O–H groups in total. The van der Waals surface area contributed by atoms with Gasteiger partial charge in [0.15, 0.2) is 5.76 Å². The van der Waals surface area contributed by atoms with E-state index in [1.807, 2.05) is 0 Å². The second-order valence-corrected chi connectivity index (χ2v) is 11.2. The van der Waals surface area contributed by atoms with E-state index in [0.717, 1.165) is 5.56 Å². The topological polar surface area (TPSA) is 172 Å². The minimum Gasteiger partial charge on any atom is -0.492 e. The second kappa shape index (κ2) is 12.2. The number of carboxylic acids is 2. The van der Waals surface area contributed by atoms with E-state index in [1.165, 1.54) is 18.2 Å². The number of sulfonamides is 1. The Morgan fingerprint density at radius 1 is 0.927 bits per heavy atom. The van der Waals surface area contributed by atoms with Crippen LogP contribution >= 0.6 is 0 Å². The Morgan fingerprint density at radius 2 is 1.56 bits per heavy atom. The molecule has 1 heterocycles. The predicted octanol–water partition coefficient (Wildman–Crippen LogP) is 4.59. The molecule has 1 atom stereocenters. The van der Waals surface area contributed by atoms with Gasteiger partial charge >= 0.3 is 11.9 Å². The third kappa shape index (κ3) is 7.10. The lowest BCUT2D eigenvalue weighted by molar-refractivity contribution is -0.140. The van der Waals surface area contributed by atoms with E-state index >= 15 is 0 Å². The number of benzene rings is 3. The molecule has 11 nitrogen and oxygen atoms in total. The van der Waals surface area contributed by atoms with Crippen LogP contribution < -0.4 is 14.8 Å². The zero-order chi connectivity index (χ0) is 29.7. The molecule has 0 spiro atoms. The summed E-state index contributed by atoms with van der Waals surface area (Å²) in [7, 11) is -4.03. The van der Waals surface area contributed by atoms with Crippen LogP contribution in [0.4, 0.5) is 5.69 Å². The molecule has 0 unspecified atom stereocenters. The van der Waals surface area contributed by atoms with Crippen LogP contribution in [0.25, 0.3) is 22.1 Å². The fourth-order valence-corrected chi connectivity index (χ4v) is 5.33. The summed E-state index contributed by atoms with van der Waals surface area (Å²) < 4.78 is 38.7. The summed E-state index contributed by atoms with van der Waals surface area (Å²) in [5.74, 6) is -2.70.